The number of ether oxygens (including phenoxy) is 1. The van der Waals surface area contributed by atoms with Crippen molar-refractivity contribution in [3.05, 3.63) is 27.4 Å². The van der Waals surface area contributed by atoms with E-state index in [1.165, 1.54) is 0 Å². The molecule has 10 nitrogen and oxygen atoms in total. The number of likely N-dealkylation sites (tertiary alicyclic amines) is 1. The second-order valence-electron chi connectivity index (χ2n) is 14.4. The molecule has 264 valence electrons. The van der Waals surface area contributed by atoms with Crippen LogP contribution in [0.3, 0.4) is 0 Å². The minimum Gasteiger partial charge on any atom is -0.376 e. The number of hydrogen-bond acceptors (Lipinski definition) is 9. The van der Waals surface area contributed by atoms with E-state index >= 15 is 0 Å². The number of alkyl halides is 3. The number of nitrogens with zero attached hydrogens (tertiary/aromatic N) is 3. The van der Waals surface area contributed by atoms with E-state index < -0.39 is 27.8 Å². The van der Waals surface area contributed by atoms with Crippen LogP contribution in [0, 0.1) is 24.7 Å². The molecule has 1 aromatic heterocycles. The number of piperidine rings is 2. The Morgan fingerprint density at radius 2 is 1.94 bits per heavy atom. The average Bonchev–Trinajstić information content (AvgIpc) is 3.42. The van der Waals surface area contributed by atoms with Gasteiger partial charge in [0.2, 0.25) is 15.9 Å². The van der Waals surface area contributed by atoms with E-state index in [4.69, 9.17) is 21.3 Å². The van der Waals surface area contributed by atoms with Crippen LogP contribution in [-0.4, -0.2) is 101 Å². The van der Waals surface area contributed by atoms with Gasteiger partial charge in [-0.3, -0.25) is 23.8 Å². The van der Waals surface area contributed by atoms with Crippen LogP contribution in [0.25, 0.3) is 0 Å². The van der Waals surface area contributed by atoms with Crippen molar-refractivity contribution in [2.45, 2.75) is 119 Å². The zero-order valence-electron chi connectivity index (χ0n) is 27.4. The van der Waals surface area contributed by atoms with E-state index in [0.29, 0.717) is 56.2 Å². The van der Waals surface area contributed by atoms with E-state index in [-0.39, 0.29) is 65.1 Å². The smallest absolute Gasteiger partial charge is 0.257 e. The van der Waals surface area contributed by atoms with Crippen molar-refractivity contribution in [1.29, 1.82) is 0 Å². The molecule has 2 N–H and O–H groups in total. The molecular weight excluding hydrogens is 672 g/mol. The standard InChI is InChI=1S/C32H48ClF2N5O5S2/c1-18-14-23(29-28(36-18)25(17-46-29)30(41)38-47(3,43)44)22-15-20(33)4-7-27(22)45-13-12-40-19(2)37-26-6-5-21(16-24(26)31(40)42)39-10-8-32(34,35)9-11-39/h18,20-23,25,27-29,36H,4-17H2,1-3H3,(H,38,41). The van der Waals surface area contributed by atoms with Crippen LogP contribution in [0.15, 0.2) is 4.79 Å². The fraction of sp³-hybridized carbons (Fsp3) is 0.844. The van der Waals surface area contributed by atoms with Gasteiger partial charge in [0.05, 0.1) is 37.1 Å². The molecule has 6 rings (SSSR count). The summed E-state index contributed by atoms with van der Waals surface area (Å²) in [6.07, 6.45) is 6.08. The van der Waals surface area contributed by atoms with Gasteiger partial charge in [-0.05, 0) is 70.6 Å². The first kappa shape index (κ1) is 35.5. The summed E-state index contributed by atoms with van der Waals surface area (Å²) < 4.78 is 61.6. The number of thioether (sulfide) groups is 1. The molecule has 1 amide bonds. The summed E-state index contributed by atoms with van der Waals surface area (Å²) in [5.74, 6) is -1.88. The predicted molar refractivity (Wildman–Crippen MR) is 179 cm³/mol. The number of rotatable bonds is 8. The molecule has 4 fully saturated rings. The minimum absolute atomic E-state index is 0.0352. The number of nitrogens with one attached hydrogen (secondary N) is 2. The van der Waals surface area contributed by atoms with Crippen LogP contribution in [0.1, 0.15) is 69.0 Å². The number of sulfonamides is 1. The molecule has 5 aliphatic rings. The number of amides is 1. The van der Waals surface area contributed by atoms with Gasteiger partial charge in [0.1, 0.15) is 5.82 Å². The van der Waals surface area contributed by atoms with Crippen LogP contribution < -0.4 is 15.6 Å². The average molecular weight is 720 g/mol. The van der Waals surface area contributed by atoms with Crippen molar-refractivity contribution in [2.24, 2.45) is 17.8 Å². The molecule has 9 atom stereocenters. The minimum atomic E-state index is -3.65. The molecule has 47 heavy (non-hydrogen) atoms. The SMILES string of the molecule is Cc1nc2c(c(=O)n1CCOC1CCC(Cl)CC1C1CC(C)NC3C(C(=O)NS(C)(=O)=O)CSC13)CC(N1CCC(F)(F)CC1)CC2. The lowest BCUT2D eigenvalue weighted by atomic mass is 9.70. The van der Waals surface area contributed by atoms with Gasteiger partial charge in [-0.1, -0.05) is 0 Å². The number of carbonyl (C=O) groups is 1. The van der Waals surface area contributed by atoms with Crippen LogP contribution in [0.5, 0.6) is 0 Å². The molecule has 3 saturated heterocycles. The van der Waals surface area contributed by atoms with Gasteiger partial charge in [-0.2, -0.15) is 11.8 Å². The molecule has 9 unspecified atom stereocenters. The van der Waals surface area contributed by atoms with Gasteiger partial charge in [0.25, 0.3) is 11.5 Å². The van der Waals surface area contributed by atoms with E-state index in [2.05, 4.69) is 21.9 Å². The molecule has 0 aromatic carbocycles. The first-order chi connectivity index (χ1) is 22.2. The lowest BCUT2D eigenvalue weighted by molar-refractivity contribution is -0.123. The predicted octanol–water partition coefficient (Wildman–Crippen LogP) is 3.11. The third-order valence-corrected chi connectivity index (χ3v) is 13.7. The topological polar surface area (TPSA) is 123 Å². The van der Waals surface area contributed by atoms with Crippen molar-refractivity contribution >= 4 is 39.3 Å². The van der Waals surface area contributed by atoms with E-state index in [1.54, 1.807) is 16.3 Å². The quantitative estimate of drug-likeness (QED) is 0.391. The highest BCUT2D eigenvalue weighted by molar-refractivity contribution is 8.00. The second kappa shape index (κ2) is 14.1. The molecule has 2 aliphatic carbocycles. The summed E-state index contributed by atoms with van der Waals surface area (Å²) in [4.78, 5) is 33.6. The molecule has 15 heteroatoms. The Hall–Kier alpha value is -1.32. The van der Waals surface area contributed by atoms with Crippen LogP contribution in [0.4, 0.5) is 8.78 Å². The van der Waals surface area contributed by atoms with E-state index in [9.17, 15) is 26.8 Å². The Morgan fingerprint density at radius 3 is 2.66 bits per heavy atom. The number of hydrogen-bond donors (Lipinski definition) is 2. The first-order valence-corrected chi connectivity index (χ1v) is 20.4. The highest BCUT2D eigenvalue weighted by Gasteiger charge is 2.52. The number of aryl methyl sites for hydroxylation is 2. The number of fused-ring (bicyclic) bond motifs is 2. The first-order valence-electron chi connectivity index (χ1n) is 17.0. The Morgan fingerprint density at radius 1 is 1.19 bits per heavy atom. The van der Waals surface area contributed by atoms with Gasteiger partial charge in [0.15, 0.2) is 0 Å². The van der Waals surface area contributed by atoms with Crippen molar-refractivity contribution in [1.82, 2.24) is 24.5 Å². The normalized spacial score (nSPS) is 36.0. The third-order valence-electron chi connectivity index (χ3n) is 11.1. The van der Waals surface area contributed by atoms with Crippen molar-refractivity contribution in [3.63, 3.8) is 0 Å². The van der Waals surface area contributed by atoms with Crippen LogP contribution in [0.2, 0.25) is 0 Å². The molecule has 0 spiro atoms. The van der Waals surface area contributed by atoms with Crippen LogP contribution >= 0.6 is 23.4 Å². The number of aromatic nitrogens is 2. The fourth-order valence-electron chi connectivity index (χ4n) is 8.78. The third kappa shape index (κ3) is 8.03. The summed E-state index contributed by atoms with van der Waals surface area (Å²) in [5.41, 5.74) is 1.48. The number of halogens is 3. The molecule has 4 heterocycles. The summed E-state index contributed by atoms with van der Waals surface area (Å²) in [6, 6.07) is 0.0893. The van der Waals surface area contributed by atoms with E-state index in [1.807, 2.05) is 6.92 Å². The maximum absolute atomic E-state index is 13.8. The molecule has 0 bridgehead atoms. The summed E-state index contributed by atoms with van der Waals surface area (Å²) in [5, 5.41) is 3.76. The fourth-order valence-corrected chi connectivity index (χ4v) is 11.5. The van der Waals surface area contributed by atoms with Crippen LogP contribution in [-0.2, 0) is 38.9 Å². The van der Waals surface area contributed by atoms with Gasteiger partial charge in [-0.25, -0.2) is 22.2 Å². The number of carbonyl (C=O) groups excluding carboxylic acids is 1. The summed E-state index contributed by atoms with van der Waals surface area (Å²) in [6.45, 7) is 5.39. The molecule has 0 radical (unpaired) electrons. The maximum atomic E-state index is 13.8. The van der Waals surface area contributed by atoms with Gasteiger partial charge >= 0.3 is 0 Å². The Kier molecular flexibility index (Phi) is 10.7. The largest absolute Gasteiger partial charge is 0.376 e. The highest BCUT2D eigenvalue weighted by Crippen LogP contribution is 2.48. The van der Waals surface area contributed by atoms with Crippen molar-refractivity contribution in [2.75, 3.05) is 31.7 Å². The zero-order chi connectivity index (χ0) is 33.7. The Labute approximate surface area is 285 Å². The highest BCUT2D eigenvalue weighted by atomic mass is 35.5. The maximum Gasteiger partial charge on any atom is 0.257 e. The molecule has 3 aliphatic heterocycles. The lowest BCUT2D eigenvalue weighted by Crippen LogP contribution is -2.58. The Bertz CT molecular complexity index is 1490. The zero-order valence-corrected chi connectivity index (χ0v) is 29.8. The summed E-state index contributed by atoms with van der Waals surface area (Å²) in [7, 11) is -3.65. The monoisotopic (exact) mass is 719 g/mol. The Balaban J connectivity index is 1.12. The van der Waals surface area contributed by atoms with Gasteiger partial charge < -0.3 is 10.1 Å². The second-order valence-corrected chi connectivity index (χ2v) is 18.0. The molecule has 1 saturated carbocycles. The molecule has 1 aromatic rings. The van der Waals surface area contributed by atoms with E-state index in [0.717, 1.165) is 44.1 Å². The van der Waals surface area contributed by atoms with Gasteiger partial charge in [0, 0.05) is 66.0 Å². The van der Waals surface area contributed by atoms with Gasteiger partial charge in [-0.15, -0.1) is 11.6 Å². The molecular formula is C32H48ClF2N5O5S2. The van der Waals surface area contributed by atoms with Crippen molar-refractivity contribution in [3.8, 4) is 0 Å². The van der Waals surface area contributed by atoms with Crippen molar-refractivity contribution < 1.29 is 26.7 Å². The summed E-state index contributed by atoms with van der Waals surface area (Å²) >= 11 is 8.48. The lowest BCUT2D eigenvalue weighted by Gasteiger charge is -2.47.